The lowest BCUT2D eigenvalue weighted by atomic mass is 10.1. The Balaban J connectivity index is 2.24. The van der Waals surface area contributed by atoms with Crippen LogP contribution < -0.4 is 5.32 Å². The molecule has 0 radical (unpaired) electrons. The molecule has 4 nitrogen and oxygen atoms in total. The van der Waals surface area contributed by atoms with E-state index in [1.54, 1.807) is 10.7 Å². The molecule has 5 heteroatoms. The van der Waals surface area contributed by atoms with Crippen LogP contribution in [0, 0.1) is 11.3 Å². The van der Waals surface area contributed by atoms with Crippen molar-refractivity contribution in [2.24, 2.45) is 7.05 Å². The highest BCUT2D eigenvalue weighted by molar-refractivity contribution is 9.10. The van der Waals surface area contributed by atoms with Gasteiger partial charge in [0, 0.05) is 23.3 Å². The summed E-state index contributed by atoms with van der Waals surface area (Å²) in [7, 11) is 1.88. The second-order valence-electron chi connectivity index (χ2n) is 4.12. The van der Waals surface area contributed by atoms with Gasteiger partial charge >= 0.3 is 0 Å². The van der Waals surface area contributed by atoms with E-state index in [0.717, 1.165) is 15.7 Å². The third-order valence-electron chi connectivity index (χ3n) is 2.70. The first-order chi connectivity index (χ1) is 8.60. The van der Waals surface area contributed by atoms with Crippen LogP contribution >= 0.6 is 15.9 Å². The molecule has 92 valence electrons. The molecule has 0 fully saturated rings. The smallest absolute Gasteiger partial charge is 0.101 e. The van der Waals surface area contributed by atoms with Gasteiger partial charge < -0.3 is 5.32 Å². The molecule has 0 spiro atoms. The molecule has 0 saturated heterocycles. The molecule has 1 unspecified atom stereocenters. The molecule has 0 aliphatic carbocycles. The Morgan fingerprint density at radius 2 is 2.28 bits per heavy atom. The summed E-state index contributed by atoms with van der Waals surface area (Å²) in [4.78, 5) is 0. The Hall–Kier alpha value is -1.80. The summed E-state index contributed by atoms with van der Waals surface area (Å²) < 4.78 is 2.71. The largest absolute Gasteiger partial charge is 0.377 e. The molecule has 1 heterocycles. The van der Waals surface area contributed by atoms with Crippen molar-refractivity contribution >= 4 is 21.6 Å². The van der Waals surface area contributed by atoms with E-state index in [1.165, 1.54) is 0 Å². The molecular weight excluding hydrogens is 292 g/mol. The molecule has 0 bridgehead atoms. The summed E-state index contributed by atoms with van der Waals surface area (Å²) in [5, 5.41) is 16.5. The normalized spacial score (nSPS) is 11.9. The number of nitrogens with zero attached hydrogens (tertiary/aromatic N) is 3. The van der Waals surface area contributed by atoms with Crippen molar-refractivity contribution in [3.8, 4) is 6.07 Å². The number of aryl methyl sites for hydroxylation is 1. The monoisotopic (exact) mass is 304 g/mol. The van der Waals surface area contributed by atoms with E-state index < -0.39 is 0 Å². The van der Waals surface area contributed by atoms with Gasteiger partial charge in [0.15, 0.2) is 0 Å². The maximum Gasteiger partial charge on any atom is 0.101 e. The van der Waals surface area contributed by atoms with Crippen molar-refractivity contribution in [1.29, 1.82) is 5.26 Å². The SMILES string of the molecule is CC(Nc1cc(Br)ccc1C#N)c1cnn(C)c1. The van der Waals surface area contributed by atoms with Gasteiger partial charge in [-0.15, -0.1) is 0 Å². The Morgan fingerprint density at radius 3 is 2.89 bits per heavy atom. The predicted molar refractivity (Wildman–Crippen MR) is 74.1 cm³/mol. The lowest BCUT2D eigenvalue weighted by Crippen LogP contribution is -2.07. The van der Waals surface area contributed by atoms with Crippen LogP contribution in [0.5, 0.6) is 0 Å². The standard InChI is InChI=1S/C13H13BrN4/c1-9(11-7-16-18(2)8-11)17-13-5-12(14)4-3-10(13)6-15/h3-5,7-9,17H,1-2H3. The van der Waals surface area contributed by atoms with Crippen LogP contribution in [0.25, 0.3) is 0 Å². The van der Waals surface area contributed by atoms with E-state index in [9.17, 15) is 0 Å². The van der Waals surface area contributed by atoms with Crippen LogP contribution in [0.1, 0.15) is 24.1 Å². The van der Waals surface area contributed by atoms with Gasteiger partial charge in [-0.05, 0) is 25.1 Å². The molecule has 0 saturated carbocycles. The maximum atomic E-state index is 9.08. The number of rotatable bonds is 3. The molecule has 2 aromatic rings. The van der Waals surface area contributed by atoms with Crippen LogP contribution in [0.3, 0.4) is 0 Å². The molecule has 1 aromatic heterocycles. The fourth-order valence-electron chi connectivity index (χ4n) is 1.71. The van der Waals surface area contributed by atoms with Crippen LogP contribution in [0.2, 0.25) is 0 Å². The summed E-state index contributed by atoms with van der Waals surface area (Å²) >= 11 is 3.41. The van der Waals surface area contributed by atoms with E-state index in [0.29, 0.717) is 5.56 Å². The number of halogens is 1. The first kappa shape index (κ1) is 12.7. The molecule has 18 heavy (non-hydrogen) atoms. The molecule has 0 amide bonds. The van der Waals surface area contributed by atoms with Crippen molar-refractivity contribution < 1.29 is 0 Å². The van der Waals surface area contributed by atoms with Gasteiger partial charge in [-0.25, -0.2) is 0 Å². The highest BCUT2D eigenvalue weighted by atomic mass is 79.9. The highest BCUT2D eigenvalue weighted by Crippen LogP contribution is 2.25. The van der Waals surface area contributed by atoms with Crippen molar-refractivity contribution in [2.75, 3.05) is 5.32 Å². The average molecular weight is 305 g/mol. The number of nitriles is 1. The average Bonchev–Trinajstić information content (AvgIpc) is 2.76. The van der Waals surface area contributed by atoms with Gasteiger partial charge in [0.25, 0.3) is 0 Å². The molecule has 0 aliphatic heterocycles. The van der Waals surface area contributed by atoms with Crippen molar-refractivity contribution in [1.82, 2.24) is 9.78 Å². The molecule has 1 N–H and O–H groups in total. The Bertz CT molecular complexity index is 597. The third kappa shape index (κ3) is 2.71. The van der Waals surface area contributed by atoms with Crippen LogP contribution in [-0.4, -0.2) is 9.78 Å². The summed E-state index contributed by atoms with van der Waals surface area (Å²) in [5.41, 5.74) is 2.54. The van der Waals surface area contributed by atoms with Gasteiger partial charge in [0.2, 0.25) is 0 Å². The van der Waals surface area contributed by atoms with Crippen molar-refractivity contribution in [2.45, 2.75) is 13.0 Å². The number of aromatic nitrogens is 2. The quantitative estimate of drug-likeness (QED) is 0.947. The Kier molecular flexibility index (Phi) is 3.68. The fourth-order valence-corrected chi connectivity index (χ4v) is 2.07. The zero-order chi connectivity index (χ0) is 13.1. The maximum absolute atomic E-state index is 9.08. The molecule has 1 aromatic carbocycles. The van der Waals surface area contributed by atoms with Gasteiger partial charge in [-0.3, -0.25) is 4.68 Å². The number of anilines is 1. The molecule has 1 atom stereocenters. The number of nitrogens with one attached hydrogen (secondary N) is 1. The highest BCUT2D eigenvalue weighted by Gasteiger charge is 2.10. The van der Waals surface area contributed by atoms with Crippen LogP contribution in [0.4, 0.5) is 5.69 Å². The lowest BCUT2D eigenvalue weighted by molar-refractivity contribution is 0.765. The minimum Gasteiger partial charge on any atom is -0.377 e. The number of benzene rings is 1. The zero-order valence-corrected chi connectivity index (χ0v) is 11.8. The predicted octanol–water partition coefficient (Wildman–Crippen LogP) is 3.23. The van der Waals surface area contributed by atoms with Crippen LogP contribution in [-0.2, 0) is 7.05 Å². The van der Waals surface area contributed by atoms with E-state index in [2.05, 4.69) is 32.4 Å². The minimum atomic E-state index is 0.0973. The topological polar surface area (TPSA) is 53.6 Å². The van der Waals surface area contributed by atoms with E-state index in [4.69, 9.17) is 5.26 Å². The van der Waals surface area contributed by atoms with Crippen LogP contribution in [0.15, 0.2) is 35.1 Å². The molecule has 0 aliphatic rings. The summed E-state index contributed by atoms with van der Waals surface area (Å²) in [6.45, 7) is 2.04. The third-order valence-corrected chi connectivity index (χ3v) is 3.19. The fraction of sp³-hybridized carbons (Fsp3) is 0.231. The van der Waals surface area contributed by atoms with Gasteiger partial charge in [-0.1, -0.05) is 15.9 Å². The molecular formula is C13H13BrN4. The van der Waals surface area contributed by atoms with E-state index in [-0.39, 0.29) is 6.04 Å². The number of hydrogen-bond acceptors (Lipinski definition) is 3. The van der Waals surface area contributed by atoms with Crippen molar-refractivity contribution in [3.05, 3.63) is 46.2 Å². The summed E-state index contributed by atoms with van der Waals surface area (Å²) in [6.07, 6.45) is 3.78. The van der Waals surface area contributed by atoms with E-state index >= 15 is 0 Å². The van der Waals surface area contributed by atoms with Gasteiger partial charge in [-0.2, -0.15) is 10.4 Å². The lowest BCUT2D eigenvalue weighted by Gasteiger charge is -2.15. The summed E-state index contributed by atoms with van der Waals surface area (Å²) in [5.74, 6) is 0. The Labute approximate surface area is 114 Å². The first-order valence-electron chi connectivity index (χ1n) is 5.55. The second-order valence-corrected chi connectivity index (χ2v) is 5.03. The van der Waals surface area contributed by atoms with Gasteiger partial charge in [0.05, 0.1) is 23.5 Å². The van der Waals surface area contributed by atoms with Crippen molar-refractivity contribution in [3.63, 3.8) is 0 Å². The molecule has 2 rings (SSSR count). The van der Waals surface area contributed by atoms with E-state index in [1.807, 2.05) is 38.5 Å². The summed E-state index contributed by atoms with van der Waals surface area (Å²) in [6, 6.07) is 7.84. The first-order valence-corrected chi connectivity index (χ1v) is 6.34. The van der Waals surface area contributed by atoms with Gasteiger partial charge in [0.1, 0.15) is 6.07 Å². The zero-order valence-electron chi connectivity index (χ0n) is 10.2. The number of hydrogen-bond donors (Lipinski definition) is 1. The Morgan fingerprint density at radius 1 is 1.50 bits per heavy atom. The second kappa shape index (κ2) is 5.23. The minimum absolute atomic E-state index is 0.0973.